The summed E-state index contributed by atoms with van der Waals surface area (Å²) in [7, 11) is 2.00. The van der Waals surface area contributed by atoms with Crippen molar-refractivity contribution in [3.63, 3.8) is 0 Å². The summed E-state index contributed by atoms with van der Waals surface area (Å²) in [4.78, 5) is 23.2. The Morgan fingerprint density at radius 2 is 1.71 bits per heavy atom. The van der Waals surface area contributed by atoms with Crippen LogP contribution in [0.5, 0.6) is 0 Å². The second-order valence-corrected chi connectivity index (χ2v) is 11.5. The predicted molar refractivity (Wildman–Crippen MR) is 137 cm³/mol. The van der Waals surface area contributed by atoms with Crippen LogP contribution in [0.25, 0.3) is 22.2 Å². The Labute approximate surface area is 201 Å². The van der Waals surface area contributed by atoms with Crippen molar-refractivity contribution in [2.75, 3.05) is 58.0 Å². The molecule has 1 amide bonds. The van der Waals surface area contributed by atoms with Crippen LogP contribution in [0.2, 0.25) is 0 Å². The monoisotopic (exact) mass is 483 g/mol. The lowest BCUT2D eigenvalue weighted by atomic mass is 10.0. The topological polar surface area (TPSA) is 78.8 Å². The number of fused-ring (bicyclic) bond motifs is 1. The molecule has 1 aliphatic rings. The predicted octanol–water partition coefficient (Wildman–Crippen LogP) is 2.99. The number of carbonyl (C=O) groups is 1. The van der Waals surface area contributed by atoms with E-state index in [2.05, 4.69) is 16.8 Å². The van der Waals surface area contributed by atoms with E-state index in [0.29, 0.717) is 11.2 Å². The number of benzene rings is 1. The summed E-state index contributed by atoms with van der Waals surface area (Å²) in [6, 6.07) is 11.3. The average Bonchev–Trinajstić information content (AvgIpc) is 3.23. The highest BCUT2D eigenvalue weighted by atomic mass is 32.2. The highest BCUT2D eigenvalue weighted by Gasteiger charge is 2.23. The molecule has 3 heterocycles. The van der Waals surface area contributed by atoms with Crippen LogP contribution in [0.15, 0.2) is 42.6 Å². The molecule has 0 saturated carbocycles. The fraction of sp³-hybridized carbons (Fsp3) is 0.440. The van der Waals surface area contributed by atoms with Gasteiger partial charge in [0.05, 0.1) is 5.75 Å². The summed E-state index contributed by atoms with van der Waals surface area (Å²) < 4.78 is 27.6. The van der Waals surface area contributed by atoms with Crippen LogP contribution in [-0.2, 0) is 10.0 Å². The molecule has 0 N–H and O–H groups in total. The largest absolute Gasteiger partial charge is 0.354 e. The molecule has 0 spiro atoms. The number of pyridine rings is 1. The third kappa shape index (κ3) is 4.81. The van der Waals surface area contributed by atoms with Crippen molar-refractivity contribution >= 4 is 32.8 Å². The van der Waals surface area contributed by atoms with Gasteiger partial charge in [0, 0.05) is 57.4 Å². The number of anilines is 1. The fourth-order valence-corrected chi connectivity index (χ4v) is 5.94. The third-order valence-electron chi connectivity index (χ3n) is 6.13. The zero-order valence-corrected chi connectivity index (χ0v) is 21.3. The first-order valence-electron chi connectivity index (χ1n) is 11.6. The first-order valence-corrected chi connectivity index (χ1v) is 13.2. The average molecular weight is 484 g/mol. The van der Waals surface area contributed by atoms with Gasteiger partial charge in [-0.15, -0.1) is 0 Å². The lowest BCUT2D eigenvalue weighted by Gasteiger charge is -2.33. The van der Waals surface area contributed by atoms with Crippen molar-refractivity contribution in [3.8, 4) is 11.1 Å². The Morgan fingerprint density at radius 3 is 2.29 bits per heavy atom. The number of likely N-dealkylation sites (N-methyl/N-ethyl adjacent to an activating group) is 1. The standard InChI is InChI=1S/C25H33N5O3S/c1-18(2)17-34(32,33)30-11-10-21-22(19-6-8-20(9-7-19)25(31)27(3)4)16-23(26-24(21)30)29-14-12-28(5)13-15-29/h6-11,16,18H,12-15,17H2,1-5H3. The molecule has 2 aromatic heterocycles. The molecule has 1 saturated heterocycles. The van der Waals surface area contributed by atoms with Gasteiger partial charge >= 0.3 is 0 Å². The van der Waals surface area contributed by atoms with Crippen molar-refractivity contribution < 1.29 is 13.2 Å². The summed E-state index contributed by atoms with van der Waals surface area (Å²) in [5.74, 6) is 0.761. The number of amides is 1. The van der Waals surface area contributed by atoms with Crippen LogP contribution >= 0.6 is 0 Å². The summed E-state index contributed by atoms with van der Waals surface area (Å²) in [6.45, 7) is 7.28. The molecular formula is C25H33N5O3S. The molecular weight excluding hydrogens is 450 g/mol. The minimum absolute atomic E-state index is 0.00418. The first kappa shape index (κ1) is 24.2. The van der Waals surface area contributed by atoms with Gasteiger partial charge in [0.2, 0.25) is 10.0 Å². The number of piperazine rings is 1. The lowest BCUT2D eigenvalue weighted by molar-refractivity contribution is 0.0827. The molecule has 1 fully saturated rings. The second-order valence-electron chi connectivity index (χ2n) is 9.62. The molecule has 0 aliphatic carbocycles. The van der Waals surface area contributed by atoms with Gasteiger partial charge in [0.15, 0.2) is 5.65 Å². The Bertz CT molecular complexity index is 1290. The van der Waals surface area contributed by atoms with Gasteiger partial charge < -0.3 is 14.7 Å². The second kappa shape index (κ2) is 9.38. The van der Waals surface area contributed by atoms with E-state index in [9.17, 15) is 13.2 Å². The molecule has 0 atom stereocenters. The van der Waals surface area contributed by atoms with Crippen LogP contribution in [0.1, 0.15) is 24.2 Å². The van der Waals surface area contributed by atoms with Gasteiger partial charge in [0.25, 0.3) is 5.91 Å². The van der Waals surface area contributed by atoms with Gasteiger partial charge in [-0.25, -0.2) is 17.4 Å². The highest BCUT2D eigenvalue weighted by molar-refractivity contribution is 7.90. The highest BCUT2D eigenvalue weighted by Crippen LogP contribution is 2.33. The number of aromatic nitrogens is 2. The van der Waals surface area contributed by atoms with E-state index in [-0.39, 0.29) is 17.6 Å². The molecule has 8 nitrogen and oxygen atoms in total. The number of hydrogen-bond acceptors (Lipinski definition) is 6. The minimum Gasteiger partial charge on any atom is -0.354 e. The van der Waals surface area contributed by atoms with E-state index in [4.69, 9.17) is 4.98 Å². The zero-order chi connectivity index (χ0) is 24.6. The van der Waals surface area contributed by atoms with Crippen molar-refractivity contribution in [1.82, 2.24) is 18.8 Å². The Morgan fingerprint density at radius 1 is 1.06 bits per heavy atom. The van der Waals surface area contributed by atoms with Crippen LogP contribution in [0, 0.1) is 5.92 Å². The Hall–Kier alpha value is -2.91. The van der Waals surface area contributed by atoms with Crippen molar-refractivity contribution in [1.29, 1.82) is 0 Å². The van der Waals surface area contributed by atoms with E-state index in [1.807, 2.05) is 50.2 Å². The van der Waals surface area contributed by atoms with Crippen molar-refractivity contribution in [2.45, 2.75) is 13.8 Å². The van der Waals surface area contributed by atoms with Gasteiger partial charge in [-0.2, -0.15) is 0 Å². The summed E-state index contributed by atoms with van der Waals surface area (Å²) in [5, 5.41) is 0.775. The number of hydrogen-bond donors (Lipinski definition) is 0. The Kier molecular flexibility index (Phi) is 6.69. The molecule has 0 unspecified atom stereocenters. The van der Waals surface area contributed by atoms with E-state index < -0.39 is 10.0 Å². The SMILES string of the molecule is CC(C)CS(=O)(=O)n1ccc2c(-c3ccc(C(=O)N(C)C)cc3)cc(N3CCN(C)CC3)nc21. The molecule has 182 valence electrons. The van der Waals surface area contributed by atoms with Crippen LogP contribution in [0.4, 0.5) is 5.82 Å². The van der Waals surface area contributed by atoms with Crippen molar-refractivity contribution in [3.05, 3.63) is 48.2 Å². The fourth-order valence-electron chi connectivity index (χ4n) is 4.29. The normalized spacial score (nSPS) is 15.3. The molecule has 1 aromatic carbocycles. The van der Waals surface area contributed by atoms with E-state index in [1.54, 1.807) is 25.2 Å². The smallest absolute Gasteiger partial charge is 0.253 e. The quantitative estimate of drug-likeness (QED) is 0.536. The van der Waals surface area contributed by atoms with Gasteiger partial charge in [-0.3, -0.25) is 4.79 Å². The van der Waals surface area contributed by atoms with E-state index in [0.717, 1.165) is 48.5 Å². The van der Waals surface area contributed by atoms with Crippen LogP contribution < -0.4 is 4.90 Å². The molecule has 4 rings (SSSR count). The molecule has 0 bridgehead atoms. The third-order valence-corrected chi connectivity index (χ3v) is 8.11. The summed E-state index contributed by atoms with van der Waals surface area (Å²) >= 11 is 0. The minimum atomic E-state index is -3.55. The Balaban J connectivity index is 1.86. The van der Waals surface area contributed by atoms with E-state index in [1.165, 1.54) is 3.97 Å². The summed E-state index contributed by atoms with van der Waals surface area (Å²) in [6.07, 6.45) is 1.61. The molecule has 3 aromatic rings. The molecule has 9 heteroatoms. The molecule has 1 aliphatic heterocycles. The first-order chi connectivity index (χ1) is 16.1. The van der Waals surface area contributed by atoms with E-state index >= 15 is 0 Å². The maximum Gasteiger partial charge on any atom is 0.253 e. The molecule has 0 radical (unpaired) electrons. The maximum absolute atomic E-state index is 13.1. The zero-order valence-electron chi connectivity index (χ0n) is 20.5. The lowest BCUT2D eigenvalue weighted by Crippen LogP contribution is -2.44. The maximum atomic E-state index is 13.1. The van der Waals surface area contributed by atoms with Crippen LogP contribution in [-0.4, -0.2) is 86.2 Å². The number of nitrogens with zero attached hydrogens (tertiary/aromatic N) is 5. The van der Waals surface area contributed by atoms with Gasteiger partial charge in [-0.05, 0) is 48.4 Å². The number of rotatable bonds is 6. The van der Waals surface area contributed by atoms with Gasteiger partial charge in [-0.1, -0.05) is 26.0 Å². The number of carbonyl (C=O) groups excluding carboxylic acids is 1. The van der Waals surface area contributed by atoms with Gasteiger partial charge in [0.1, 0.15) is 5.82 Å². The summed E-state index contributed by atoms with van der Waals surface area (Å²) in [5.41, 5.74) is 2.87. The van der Waals surface area contributed by atoms with Crippen LogP contribution in [0.3, 0.4) is 0 Å². The van der Waals surface area contributed by atoms with Crippen molar-refractivity contribution in [2.24, 2.45) is 5.92 Å². The molecule has 34 heavy (non-hydrogen) atoms.